The van der Waals surface area contributed by atoms with Crippen LogP contribution in [0, 0.1) is 17.8 Å². The van der Waals surface area contributed by atoms with Gasteiger partial charge in [-0.1, -0.05) is 37.6 Å². The normalized spacial score (nSPS) is 13.8. The molecule has 1 aromatic carbocycles. The lowest BCUT2D eigenvalue weighted by Crippen LogP contribution is -2.35. The molecule has 0 radical (unpaired) electrons. The van der Waals surface area contributed by atoms with E-state index in [-0.39, 0.29) is 43.8 Å². The van der Waals surface area contributed by atoms with Crippen molar-refractivity contribution in [2.75, 3.05) is 6.54 Å². The fourth-order valence-corrected chi connectivity index (χ4v) is 5.06. The molecule has 0 aliphatic heterocycles. The van der Waals surface area contributed by atoms with Gasteiger partial charge in [-0.25, -0.2) is 0 Å². The molecule has 11 nitrogen and oxygen atoms in total. The molecule has 1 rings (SSSR count). The second kappa shape index (κ2) is 19.4. The van der Waals surface area contributed by atoms with Gasteiger partial charge in [0.15, 0.2) is 0 Å². The first-order chi connectivity index (χ1) is 22.4. The molecule has 0 aromatic heterocycles. The van der Waals surface area contributed by atoms with E-state index in [1.54, 1.807) is 81.4 Å². The topological polar surface area (TPSA) is 162 Å². The molecule has 0 fully saturated rings. The Labute approximate surface area is 292 Å². The van der Waals surface area contributed by atoms with Crippen molar-refractivity contribution >= 4 is 35.6 Å². The molecule has 0 saturated carbocycles. The van der Waals surface area contributed by atoms with Gasteiger partial charge in [-0.05, 0) is 98.6 Å². The second-order valence-electron chi connectivity index (χ2n) is 15.8. The molecule has 0 spiro atoms. The molecule has 0 aliphatic rings. The number of carbonyl (C=O) groups excluding carboxylic acids is 5. The number of aryl methyl sites for hydroxylation is 1. The minimum atomic E-state index is -0.906. The predicted molar refractivity (Wildman–Crippen MR) is 186 cm³/mol. The van der Waals surface area contributed by atoms with E-state index in [0.717, 1.165) is 5.56 Å². The number of esters is 3. The van der Waals surface area contributed by atoms with Crippen LogP contribution in [0.5, 0.6) is 0 Å². The van der Waals surface area contributed by atoms with Crippen molar-refractivity contribution in [1.29, 1.82) is 0 Å². The van der Waals surface area contributed by atoms with Gasteiger partial charge < -0.3 is 24.6 Å². The van der Waals surface area contributed by atoms with Crippen LogP contribution in [0.2, 0.25) is 0 Å². The maximum atomic E-state index is 13.4. The van der Waals surface area contributed by atoms with Crippen LogP contribution in [0.4, 0.5) is 0 Å². The quantitative estimate of drug-likeness (QED) is 0.0977. The lowest BCUT2D eigenvalue weighted by molar-refractivity contribution is -0.165. The Morgan fingerprint density at radius 3 is 1.78 bits per heavy atom. The third-order valence-corrected chi connectivity index (χ3v) is 7.29. The number of carbonyl (C=O) groups is 6. The smallest absolute Gasteiger partial charge is 0.310 e. The summed E-state index contributed by atoms with van der Waals surface area (Å²) in [6.07, 6.45) is 1.82. The van der Waals surface area contributed by atoms with Gasteiger partial charge in [-0.3, -0.25) is 28.8 Å². The predicted octanol–water partition coefficient (Wildman–Crippen LogP) is 6.17. The van der Waals surface area contributed by atoms with E-state index in [1.807, 2.05) is 12.1 Å². The molecule has 11 heteroatoms. The molecule has 1 unspecified atom stereocenters. The number of aliphatic carboxylic acids is 1. The number of benzene rings is 1. The summed E-state index contributed by atoms with van der Waals surface area (Å²) in [5.74, 6) is -5.10. The lowest BCUT2D eigenvalue weighted by atomic mass is 9.84. The van der Waals surface area contributed by atoms with Crippen molar-refractivity contribution < 1.29 is 48.1 Å². The number of ether oxygens (including phenoxy) is 3. The van der Waals surface area contributed by atoms with Crippen LogP contribution in [0.3, 0.4) is 0 Å². The number of hydrogen-bond acceptors (Lipinski definition) is 9. The van der Waals surface area contributed by atoms with Gasteiger partial charge in [-0.2, -0.15) is 0 Å². The number of carboxylic acids is 1. The molecule has 1 amide bonds. The van der Waals surface area contributed by atoms with Gasteiger partial charge in [-0.15, -0.1) is 0 Å². The van der Waals surface area contributed by atoms with E-state index in [1.165, 1.54) is 0 Å². The number of amides is 1. The monoisotopic (exact) mass is 689 g/mol. The van der Waals surface area contributed by atoms with Gasteiger partial charge in [0.2, 0.25) is 5.91 Å². The highest BCUT2D eigenvalue weighted by molar-refractivity contribution is 5.88. The summed E-state index contributed by atoms with van der Waals surface area (Å²) in [7, 11) is 0. The largest absolute Gasteiger partial charge is 0.481 e. The van der Waals surface area contributed by atoms with E-state index < -0.39 is 58.4 Å². The summed E-state index contributed by atoms with van der Waals surface area (Å²) < 4.78 is 16.7. The van der Waals surface area contributed by atoms with Gasteiger partial charge in [0.05, 0.1) is 18.3 Å². The molecule has 0 aliphatic carbocycles. The van der Waals surface area contributed by atoms with Crippen molar-refractivity contribution in [3.05, 3.63) is 35.4 Å². The third kappa shape index (κ3) is 20.4. The Kier molecular flexibility index (Phi) is 17.2. The maximum absolute atomic E-state index is 13.4. The molecule has 2 N–H and O–H groups in total. The summed E-state index contributed by atoms with van der Waals surface area (Å²) in [4.78, 5) is 75.6. The number of unbranched alkanes of at least 4 members (excludes halogenated alkanes) is 1. The first-order valence-corrected chi connectivity index (χ1v) is 17.2. The van der Waals surface area contributed by atoms with Gasteiger partial charge in [0.1, 0.15) is 22.6 Å². The van der Waals surface area contributed by atoms with E-state index in [0.29, 0.717) is 37.8 Å². The van der Waals surface area contributed by atoms with Crippen molar-refractivity contribution in [3.8, 4) is 0 Å². The molecule has 0 bridgehead atoms. The number of rotatable bonds is 19. The average molecular weight is 690 g/mol. The first kappa shape index (κ1) is 43.3. The summed E-state index contributed by atoms with van der Waals surface area (Å²) in [6.45, 7) is 17.8. The van der Waals surface area contributed by atoms with Crippen LogP contribution in [-0.4, -0.2) is 64.0 Å². The Balaban J connectivity index is 2.81. The highest BCUT2D eigenvalue weighted by Crippen LogP contribution is 2.28. The fourth-order valence-electron chi connectivity index (χ4n) is 5.06. The Hall–Kier alpha value is -3.76. The standard InChI is InChI=1S/C38H59NO10/c1-25(21-33(44)47-36(2,3)4)30(35(46)49-38(8,9)10)24-29(40)23-28(34(45)48-37(5,6)7)13-11-12-20-39-31(41)19-18-26-14-16-27(17-15-26)22-32(42)43/h14-17,25,28,30H,11-13,18-24H2,1-10H3,(H,39,41)(H,42,43)/t25?,28-,30+/m1/s1. The van der Waals surface area contributed by atoms with Crippen LogP contribution in [0.25, 0.3) is 0 Å². The molecule has 1 aromatic rings. The van der Waals surface area contributed by atoms with Crippen LogP contribution in [0.1, 0.15) is 125 Å². The molecular weight excluding hydrogens is 630 g/mol. The minimum Gasteiger partial charge on any atom is -0.481 e. The van der Waals surface area contributed by atoms with E-state index in [2.05, 4.69) is 5.32 Å². The first-order valence-electron chi connectivity index (χ1n) is 17.2. The van der Waals surface area contributed by atoms with Crippen molar-refractivity contribution in [2.24, 2.45) is 17.8 Å². The van der Waals surface area contributed by atoms with Crippen molar-refractivity contribution in [1.82, 2.24) is 5.32 Å². The van der Waals surface area contributed by atoms with E-state index in [9.17, 15) is 28.8 Å². The van der Waals surface area contributed by atoms with Crippen molar-refractivity contribution in [3.63, 3.8) is 0 Å². The molecule has 276 valence electrons. The van der Waals surface area contributed by atoms with Gasteiger partial charge in [0, 0.05) is 32.2 Å². The summed E-state index contributed by atoms with van der Waals surface area (Å²) in [5.41, 5.74) is -0.627. The zero-order valence-corrected chi connectivity index (χ0v) is 31.2. The van der Waals surface area contributed by atoms with Crippen LogP contribution in [0.15, 0.2) is 24.3 Å². The number of hydrogen-bond donors (Lipinski definition) is 2. The highest BCUT2D eigenvalue weighted by Gasteiger charge is 2.35. The molecule has 0 saturated heterocycles. The van der Waals surface area contributed by atoms with Crippen molar-refractivity contribution in [2.45, 2.75) is 144 Å². The van der Waals surface area contributed by atoms with Crippen LogP contribution in [-0.2, 0) is 55.8 Å². The highest BCUT2D eigenvalue weighted by atomic mass is 16.6. The maximum Gasteiger partial charge on any atom is 0.310 e. The number of carboxylic acid groups (broad SMARTS) is 1. The zero-order chi connectivity index (χ0) is 37.6. The average Bonchev–Trinajstić information content (AvgIpc) is 2.91. The van der Waals surface area contributed by atoms with Crippen LogP contribution < -0.4 is 5.32 Å². The molecule has 3 atom stereocenters. The fraction of sp³-hybridized carbons (Fsp3) is 0.684. The van der Waals surface area contributed by atoms with Gasteiger partial charge in [0.25, 0.3) is 0 Å². The number of nitrogens with one attached hydrogen (secondary N) is 1. The molecule has 49 heavy (non-hydrogen) atoms. The lowest BCUT2D eigenvalue weighted by Gasteiger charge is -2.28. The minimum absolute atomic E-state index is 0.0502. The Morgan fingerprint density at radius 2 is 1.24 bits per heavy atom. The summed E-state index contributed by atoms with van der Waals surface area (Å²) in [6, 6.07) is 7.13. The summed E-state index contributed by atoms with van der Waals surface area (Å²) >= 11 is 0. The third-order valence-electron chi connectivity index (χ3n) is 7.29. The number of Topliss-reactive ketones (excluding diaryl/α,β-unsaturated/α-hetero) is 1. The van der Waals surface area contributed by atoms with Crippen LogP contribution >= 0.6 is 0 Å². The zero-order valence-electron chi connectivity index (χ0n) is 31.2. The summed E-state index contributed by atoms with van der Waals surface area (Å²) in [5, 5.41) is 11.8. The molecule has 0 heterocycles. The number of ketones is 1. The second-order valence-corrected chi connectivity index (χ2v) is 15.8. The van der Waals surface area contributed by atoms with E-state index >= 15 is 0 Å². The molecular formula is C38H59NO10. The van der Waals surface area contributed by atoms with E-state index in [4.69, 9.17) is 19.3 Å². The Morgan fingerprint density at radius 1 is 0.714 bits per heavy atom. The Bertz CT molecular complexity index is 1270. The van der Waals surface area contributed by atoms with Gasteiger partial charge >= 0.3 is 23.9 Å². The SMILES string of the molecule is CC(CC(=O)OC(C)(C)C)[C@H](CC(=O)C[C@@H](CCCCNC(=O)CCc1ccc(CC(=O)O)cc1)C(=O)OC(C)(C)C)C(=O)OC(C)(C)C.